The highest BCUT2D eigenvalue weighted by molar-refractivity contribution is 9.10. The molecule has 0 aliphatic heterocycles. The van der Waals surface area contributed by atoms with Crippen LogP contribution in [0.25, 0.3) is 0 Å². The molecule has 0 bridgehead atoms. The van der Waals surface area contributed by atoms with E-state index in [4.69, 9.17) is 10.5 Å². The minimum Gasteiger partial charge on any atom is -0.466 e. The molecule has 2 rings (SSSR count). The molecule has 1 heterocycles. The van der Waals surface area contributed by atoms with Crippen LogP contribution in [0.2, 0.25) is 0 Å². The Labute approximate surface area is 141 Å². The molecule has 0 radical (unpaired) electrons. The van der Waals surface area contributed by atoms with Crippen LogP contribution in [-0.2, 0) is 9.53 Å². The van der Waals surface area contributed by atoms with Crippen LogP contribution in [0.15, 0.2) is 35.2 Å². The van der Waals surface area contributed by atoms with Gasteiger partial charge in [-0.1, -0.05) is 15.9 Å². The van der Waals surface area contributed by atoms with E-state index >= 15 is 0 Å². The number of nitrogen functional groups attached to an aromatic ring is 1. The van der Waals surface area contributed by atoms with Gasteiger partial charge in [0, 0.05) is 16.2 Å². The number of nitrogens with one attached hydrogen (secondary N) is 1. The Balaban J connectivity index is 2.29. The molecule has 0 amide bonds. The highest BCUT2D eigenvalue weighted by atomic mass is 79.9. The van der Waals surface area contributed by atoms with Gasteiger partial charge in [-0.2, -0.15) is 11.8 Å². The van der Waals surface area contributed by atoms with E-state index in [2.05, 4.69) is 31.2 Å². The Bertz CT molecular complexity index is 656. The van der Waals surface area contributed by atoms with Crippen LogP contribution in [0, 0.1) is 0 Å². The Morgan fingerprint density at radius 1 is 1.55 bits per heavy atom. The number of rotatable bonds is 7. The molecule has 6 nitrogen and oxygen atoms in total. The van der Waals surface area contributed by atoms with Crippen LogP contribution >= 0.6 is 27.7 Å². The maximum absolute atomic E-state index is 10.4. The first-order valence-electron chi connectivity index (χ1n) is 6.35. The van der Waals surface area contributed by atoms with Gasteiger partial charge in [0.1, 0.15) is 18.8 Å². The van der Waals surface area contributed by atoms with E-state index < -0.39 is 0 Å². The lowest BCUT2D eigenvalue weighted by Crippen LogP contribution is -2.09. The van der Waals surface area contributed by atoms with Gasteiger partial charge in [0.05, 0.1) is 16.6 Å². The lowest BCUT2D eigenvalue weighted by Gasteiger charge is -2.17. The van der Waals surface area contributed by atoms with Gasteiger partial charge in [0.25, 0.3) is 6.47 Å². The van der Waals surface area contributed by atoms with Crippen molar-refractivity contribution in [2.24, 2.45) is 0 Å². The van der Waals surface area contributed by atoms with E-state index in [1.807, 2.05) is 24.5 Å². The molecule has 3 N–H and O–H groups in total. The lowest BCUT2D eigenvalue weighted by atomic mass is 10.2. The molecule has 0 saturated heterocycles. The summed E-state index contributed by atoms with van der Waals surface area (Å²) in [6.45, 7) is 0.690. The van der Waals surface area contributed by atoms with Crippen molar-refractivity contribution in [3.05, 3.63) is 40.8 Å². The van der Waals surface area contributed by atoms with Crippen molar-refractivity contribution in [3.8, 4) is 0 Å². The van der Waals surface area contributed by atoms with Gasteiger partial charge in [0.2, 0.25) is 0 Å². The number of hydrogen-bond acceptors (Lipinski definition) is 7. The number of carbonyl (C=O) groups is 1. The summed E-state index contributed by atoms with van der Waals surface area (Å²) < 4.78 is 5.77. The number of benzene rings is 1. The summed E-state index contributed by atoms with van der Waals surface area (Å²) in [4.78, 5) is 18.7. The molecule has 1 unspecified atom stereocenters. The second-order valence-electron chi connectivity index (χ2n) is 4.34. The summed E-state index contributed by atoms with van der Waals surface area (Å²) in [5.41, 5.74) is 8.19. The first kappa shape index (κ1) is 16.6. The number of ether oxygens (including phenoxy) is 1. The SMILES string of the molecule is CSC(COC=O)c1cncnc1Nc1ccc(Br)cc1N. The number of aromatic nitrogens is 2. The Morgan fingerprint density at radius 3 is 3.05 bits per heavy atom. The van der Waals surface area contributed by atoms with Crippen molar-refractivity contribution in [3.63, 3.8) is 0 Å². The molecule has 116 valence electrons. The van der Waals surface area contributed by atoms with Gasteiger partial charge in [-0.15, -0.1) is 0 Å². The third-order valence-electron chi connectivity index (χ3n) is 2.95. The minimum atomic E-state index is -0.0643. The number of halogens is 1. The topological polar surface area (TPSA) is 90.1 Å². The molecule has 0 aliphatic carbocycles. The second-order valence-corrected chi connectivity index (χ2v) is 6.29. The lowest BCUT2D eigenvalue weighted by molar-refractivity contribution is -0.128. The zero-order chi connectivity index (χ0) is 15.9. The summed E-state index contributed by atoms with van der Waals surface area (Å²) in [5, 5.41) is 3.14. The van der Waals surface area contributed by atoms with Crippen LogP contribution in [0.1, 0.15) is 10.8 Å². The van der Waals surface area contributed by atoms with E-state index in [9.17, 15) is 4.79 Å². The predicted octanol–water partition coefficient (Wildman–Crippen LogP) is 3.14. The van der Waals surface area contributed by atoms with Crippen molar-refractivity contribution in [1.82, 2.24) is 9.97 Å². The summed E-state index contributed by atoms with van der Waals surface area (Å²) in [5.74, 6) is 0.637. The Kier molecular flexibility index (Phi) is 6.02. The fourth-order valence-electron chi connectivity index (χ4n) is 1.87. The summed E-state index contributed by atoms with van der Waals surface area (Å²) in [6.07, 6.45) is 5.10. The fourth-order valence-corrected chi connectivity index (χ4v) is 2.89. The van der Waals surface area contributed by atoms with Gasteiger partial charge in [0.15, 0.2) is 0 Å². The molecule has 22 heavy (non-hydrogen) atoms. The monoisotopic (exact) mass is 382 g/mol. The molecule has 0 saturated carbocycles. The molecular weight excluding hydrogens is 368 g/mol. The normalized spacial score (nSPS) is 11.7. The summed E-state index contributed by atoms with van der Waals surface area (Å²) in [7, 11) is 0. The number of thioether (sulfide) groups is 1. The molecule has 8 heteroatoms. The van der Waals surface area contributed by atoms with E-state index in [-0.39, 0.29) is 11.9 Å². The van der Waals surface area contributed by atoms with Crippen LogP contribution in [0.5, 0.6) is 0 Å². The van der Waals surface area contributed by atoms with Crippen LogP contribution in [0.4, 0.5) is 17.2 Å². The number of nitrogens with zero attached hydrogens (tertiary/aromatic N) is 2. The zero-order valence-electron chi connectivity index (χ0n) is 11.8. The number of carbonyl (C=O) groups excluding carboxylic acids is 1. The quantitative estimate of drug-likeness (QED) is 0.561. The largest absolute Gasteiger partial charge is 0.466 e. The van der Waals surface area contributed by atoms with Gasteiger partial charge in [-0.25, -0.2) is 9.97 Å². The smallest absolute Gasteiger partial charge is 0.293 e. The van der Waals surface area contributed by atoms with Gasteiger partial charge < -0.3 is 15.8 Å². The first-order valence-corrected chi connectivity index (χ1v) is 8.43. The molecule has 1 aromatic heterocycles. The van der Waals surface area contributed by atoms with E-state index in [0.29, 0.717) is 18.0 Å². The predicted molar refractivity (Wildman–Crippen MR) is 92.1 cm³/mol. The second kappa shape index (κ2) is 8.00. The average Bonchev–Trinajstić information content (AvgIpc) is 2.52. The Hall–Kier alpha value is -1.80. The molecule has 0 fully saturated rings. The van der Waals surface area contributed by atoms with Crippen molar-refractivity contribution < 1.29 is 9.53 Å². The van der Waals surface area contributed by atoms with Gasteiger partial charge >= 0.3 is 0 Å². The third-order valence-corrected chi connectivity index (χ3v) is 4.41. The maximum atomic E-state index is 10.4. The first-order chi connectivity index (χ1) is 10.7. The maximum Gasteiger partial charge on any atom is 0.293 e. The van der Waals surface area contributed by atoms with Crippen LogP contribution in [-0.4, -0.2) is 29.3 Å². The van der Waals surface area contributed by atoms with Crippen molar-refractivity contribution in [2.75, 3.05) is 23.9 Å². The number of anilines is 3. The molecule has 0 aliphatic rings. The minimum absolute atomic E-state index is 0.0643. The van der Waals surface area contributed by atoms with E-state index in [0.717, 1.165) is 15.7 Å². The zero-order valence-corrected chi connectivity index (χ0v) is 14.2. The number of nitrogens with two attached hydrogens (primary N) is 1. The Morgan fingerprint density at radius 2 is 2.36 bits per heavy atom. The summed E-state index contributed by atoms with van der Waals surface area (Å²) >= 11 is 4.92. The standard InChI is InChI=1S/C14H15BrN4O2S/c1-22-13(6-21-8-20)10-5-17-7-18-14(10)19-12-3-2-9(15)4-11(12)16/h2-5,7-8,13H,6,16H2,1H3,(H,17,18,19). The molecule has 0 spiro atoms. The van der Waals surface area contributed by atoms with Gasteiger partial charge in [-0.3, -0.25) is 4.79 Å². The summed E-state index contributed by atoms with van der Waals surface area (Å²) in [6, 6.07) is 5.56. The average molecular weight is 383 g/mol. The highest BCUT2D eigenvalue weighted by Gasteiger charge is 2.17. The molecule has 1 aromatic carbocycles. The number of hydrogen-bond donors (Lipinski definition) is 2. The van der Waals surface area contributed by atoms with E-state index in [1.165, 1.54) is 6.33 Å². The molecular formula is C14H15BrN4O2S. The van der Waals surface area contributed by atoms with Crippen LogP contribution < -0.4 is 11.1 Å². The fraction of sp³-hybridized carbons (Fsp3) is 0.214. The van der Waals surface area contributed by atoms with E-state index in [1.54, 1.807) is 18.0 Å². The molecule has 1 atom stereocenters. The highest BCUT2D eigenvalue weighted by Crippen LogP contribution is 2.33. The van der Waals surface area contributed by atoms with Crippen molar-refractivity contribution in [1.29, 1.82) is 0 Å². The third kappa shape index (κ3) is 4.11. The van der Waals surface area contributed by atoms with Crippen molar-refractivity contribution in [2.45, 2.75) is 5.25 Å². The van der Waals surface area contributed by atoms with Gasteiger partial charge in [-0.05, 0) is 24.5 Å². The molecule has 2 aromatic rings. The van der Waals surface area contributed by atoms with Crippen molar-refractivity contribution >= 4 is 51.4 Å². The van der Waals surface area contributed by atoms with Crippen LogP contribution in [0.3, 0.4) is 0 Å².